The van der Waals surface area contributed by atoms with Crippen molar-refractivity contribution < 1.29 is 9.47 Å². The van der Waals surface area contributed by atoms with E-state index in [-0.39, 0.29) is 0 Å². The summed E-state index contributed by atoms with van der Waals surface area (Å²) in [4.78, 5) is 10.5. The van der Waals surface area contributed by atoms with Gasteiger partial charge in [-0.05, 0) is 25.5 Å². The summed E-state index contributed by atoms with van der Waals surface area (Å²) < 4.78 is 10.9. The fourth-order valence-corrected chi connectivity index (χ4v) is 3.09. The van der Waals surface area contributed by atoms with Crippen molar-refractivity contribution >= 4 is 27.7 Å². The molecular formula is C15H16N2O2S. The first-order valence-electron chi connectivity index (χ1n) is 6.63. The molecule has 2 heterocycles. The summed E-state index contributed by atoms with van der Waals surface area (Å²) in [6.07, 6.45) is 3.27. The van der Waals surface area contributed by atoms with Crippen LogP contribution in [0.5, 0.6) is 11.6 Å². The topological polar surface area (TPSA) is 44.2 Å². The highest BCUT2D eigenvalue weighted by Gasteiger charge is 2.17. The standard InChI is InChI=1S/C15H16N2O2S/c1-3-19-15-14(13-5-4-8-20-13)16-12-9-10(18-2)6-7-11(12)17-15/h5-7,9H,3-4,8H2,1-2H3. The molecule has 0 aliphatic carbocycles. The molecule has 1 aromatic heterocycles. The van der Waals surface area contributed by atoms with E-state index in [1.165, 1.54) is 0 Å². The van der Waals surface area contributed by atoms with Crippen molar-refractivity contribution in [1.29, 1.82) is 0 Å². The van der Waals surface area contributed by atoms with Crippen LogP contribution >= 0.6 is 11.8 Å². The van der Waals surface area contributed by atoms with E-state index < -0.39 is 0 Å². The molecule has 0 radical (unpaired) electrons. The predicted octanol–water partition coefficient (Wildman–Crippen LogP) is 3.51. The van der Waals surface area contributed by atoms with Crippen molar-refractivity contribution in [2.45, 2.75) is 13.3 Å². The highest BCUT2D eigenvalue weighted by atomic mass is 32.2. The highest BCUT2D eigenvalue weighted by Crippen LogP contribution is 2.37. The first kappa shape index (κ1) is 13.2. The van der Waals surface area contributed by atoms with Crippen molar-refractivity contribution in [1.82, 2.24) is 9.97 Å². The van der Waals surface area contributed by atoms with E-state index in [1.54, 1.807) is 18.9 Å². The minimum Gasteiger partial charge on any atom is -0.497 e. The van der Waals surface area contributed by atoms with E-state index in [9.17, 15) is 0 Å². The molecule has 0 fully saturated rings. The summed E-state index contributed by atoms with van der Waals surface area (Å²) in [5, 5.41) is 0. The van der Waals surface area contributed by atoms with Gasteiger partial charge in [-0.2, -0.15) is 0 Å². The van der Waals surface area contributed by atoms with Gasteiger partial charge in [0.2, 0.25) is 5.88 Å². The zero-order valence-electron chi connectivity index (χ0n) is 11.5. The van der Waals surface area contributed by atoms with Gasteiger partial charge in [0.25, 0.3) is 0 Å². The molecule has 0 atom stereocenters. The minimum atomic E-state index is 0.585. The average molecular weight is 288 g/mol. The first-order valence-corrected chi connectivity index (χ1v) is 7.62. The number of nitrogens with zero attached hydrogens (tertiary/aromatic N) is 2. The van der Waals surface area contributed by atoms with Crippen molar-refractivity contribution in [3.63, 3.8) is 0 Å². The number of rotatable bonds is 4. The zero-order chi connectivity index (χ0) is 13.9. The Labute approximate surface area is 122 Å². The minimum absolute atomic E-state index is 0.585. The molecule has 0 amide bonds. The third-order valence-corrected chi connectivity index (χ3v) is 4.17. The molecule has 0 spiro atoms. The van der Waals surface area contributed by atoms with E-state index in [0.717, 1.165) is 39.6 Å². The predicted molar refractivity (Wildman–Crippen MR) is 82.3 cm³/mol. The molecule has 2 aromatic rings. The Balaban J connectivity index is 2.15. The van der Waals surface area contributed by atoms with E-state index in [0.29, 0.717) is 12.5 Å². The monoisotopic (exact) mass is 288 g/mol. The van der Waals surface area contributed by atoms with Gasteiger partial charge in [0.1, 0.15) is 11.4 Å². The smallest absolute Gasteiger partial charge is 0.241 e. The third-order valence-electron chi connectivity index (χ3n) is 3.06. The molecule has 0 unspecified atom stereocenters. The van der Waals surface area contributed by atoms with Gasteiger partial charge >= 0.3 is 0 Å². The molecule has 0 N–H and O–H groups in total. The summed E-state index contributed by atoms with van der Waals surface area (Å²) in [5.74, 6) is 2.50. The summed E-state index contributed by atoms with van der Waals surface area (Å²) in [6.45, 7) is 2.54. The highest BCUT2D eigenvalue weighted by molar-refractivity contribution is 8.08. The number of fused-ring (bicyclic) bond motifs is 1. The number of benzene rings is 1. The maximum atomic E-state index is 5.66. The maximum absolute atomic E-state index is 5.66. The van der Waals surface area contributed by atoms with Gasteiger partial charge in [-0.25, -0.2) is 9.97 Å². The van der Waals surface area contributed by atoms with Gasteiger partial charge in [-0.3, -0.25) is 0 Å². The molecule has 20 heavy (non-hydrogen) atoms. The van der Waals surface area contributed by atoms with Crippen LogP contribution in [0.25, 0.3) is 15.9 Å². The molecule has 1 aromatic carbocycles. The van der Waals surface area contributed by atoms with Gasteiger partial charge in [-0.1, -0.05) is 6.08 Å². The number of ether oxygens (including phenoxy) is 2. The Bertz CT molecular complexity index is 670. The van der Waals surface area contributed by atoms with Crippen LogP contribution in [0.4, 0.5) is 0 Å². The molecule has 1 aliphatic heterocycles. The van der Waals surface area contributed by atoms with Gasteiger partial charge in [0.05, 0.1) is 24.8 Å². The normalized spacial score (nSPS) is 14.4. The lowest BCUT2D eigenvalue weighted by atomic mass is 10.2. The quantitative estimate of drug-likeness (QED) is 0.861. The number of thioether (sulfide) groups is 1. The third kappa shape index (κ3) is 2.45. The Morgan fingerprint density at radius 2 is 2.15 bits per heavy atom. The summed E-state index contributed by atoms with van der Waals surface area (Å²) >= 11 is 1.80. The fourth-order valence-electron chi connectivity index (χ4n) is 2.13. The lowest BCUT2D eigenvalue weighted by Gasteiger charge is -2.11. The molecule has 3 rings (SSSR count). The second-order valence-corrected chi connectivity index (χ2v) is 5.51. The maximum Gasteiger partial charge on any atom is 0.241 e. The van der Waals surface area contributed by atoms with Crippen LogP contribution in [-0.4, -0.2) is 29.4 Å². The molecule has 5 heteroatoms. The van der Waals surface area contributed by atoms with Gasteiger partial charge in [-0.15, -0.1) is 11.8 Å². The molecule has 1 aliphatic rings. The number of methoxy groups -OCH3 is 1. The van der Waals surface area contributed by atoms with Gasteiger partial charge in [0, 0.05) is 16.7 Å². The van der Waals surface area contributed by atoms with E-state index in [2.05, 4.69) is 11.1 Å². The number of aromatic nitrogens is 2. The number of hydrogen-bond donors (Lipinski definition) is 0. The Kier molecular flexibility index (Phi) is 3.78. The van der Waals surface area contributed by atoms with E-state index in [1.807, 2.05) is 25.1 Å². The second-order valence-electron chi connectivity index (χ2n) is 4.37. The van der Waals surface area contributed by atoms with Crippen LogP contribution in [0, 0.1) is 0 Å². The average Bonchev–Trinajstić information content (AvgIpc) is 3.00. The summed E-state index contributed by atoms with van der Waals surface area (Å²) in [7, 11) is 1.65. The molecule has 4 nitrogen and oxygen atoms in total. The van der Waals surface area contributed by atoms with Crippen molar-refractivity contribution in [3.05, 3.63) is 30.0 Å². The van der Waals surface area contributed by atoms with Gasteiger partial charge < -0.3 is 9.47 Å². The lowest BCUT2D eigenvalue weighted by molar-refractivity contribution is 0.326. The second kappa shape index (κ2) is 5.71. The summed E-state index contributed by atoms with van der Waals surface area (Å²) in [6, 6.07) is 5.70. The van der Waals surface area contributed by atoms with Crippen LogP contribution in [0.1, 0.15) is 19.0 Å². The van der Waals surface area contributed by atoms with Crippen LogP contribution in [0.3, 0.4) is 0 Å². The van der Waals surface area contributed by atoms with Crippen molar-refractivity contribution in [2.24, 2.45) is 0 Å². The van der Waals surface area contributed by atoms with Crippen LogP contribution in [0.2, 0.25) is 0 Å². The van der Waals surface area contributed by atoms with Crippen molar-refractivity contribution in [3.8, 4) is 11.6 Å². The zero-order valence-corrected chi connectivity index (χ0v) is 12.4. The Morgan fingerprint density at radius 3 is 2.85 bits per heavy atom. The number of hydrogen-bond acceptors (Lipinski definition) is 5. The van der Waals surface area contributed by atoms with E-state index >= 15 is 0 Å². The largest absolute Gasteiger partial charge is 0.497 e. The SMILES string of the molecule is CCOc1nc2ccc(OC)cc2nc1C1=CCCS1. The molecule has 0 bridgehead atoms. The van der Waals surface area contributed by atoms with Crippen LogP contribution < -0.4 is 9.47 Å². The fraction of sp³-hybridized carbons (Fsp3) is 0.333. The van der Waals surface area contributed by atoms with Crippen LogP contribution in [-0.2, 0) is 0 Å². The van der Waals surface area contributed by atoms with Crippen molar-refractivity contribution in [2.75, 3.05) is 19.5 Å². The Morgan fingerprint density at radius 1 is 1.25 bits per heavy atom. The van der Waals surface area contributed by atoms with E-state index in [4.69, 9.17) is 14.5 Å². The Hall–Kier alpha value is -1.75. The lowest BCUT2D eigenvalue weighted by Crippen LogP contribution is -2.01. The molecule has 104 valence electrons. The number of allylic oxidation sites excluding steroid dienone is 1. The molecular weight excluding hydrogens is 272 g/mol. The molecule has 0 saturated carbocycles. The van der Waals surface area contributed by atoms with Crippen LogP contribution in [0.15, 0.2) is 24.3 Å². The summed E-state index contributed by atoms with van der Waals surface area (Å²) in [5.41, 5.74) is 2.49. The molecule has 0 saturated heterocycles. The van der Waals surface area contributed by atoms with Gasteiger partial charge in [0.15, 0.2) is 0 Å². The first-order chi connectivity index (χ1) is 9.81.